The van der Waals surface area contributed by atoms with Crippen molar-refractivity contribution in [2.75, 3.05) is 186 Å². The molecular formula is C38H77NO14. The first kappa shape index (κ1) is 52.0. The Kier molecular flexibility index (Phi) is 46.2. The number of carbonyl (C=O) groups excluding carboxylic acids is 1. The Hall–Kier alpha value is -1.05. The molecule has 0 bridgehead atoms. The number of unbranched alkanes of at least 4 members (excludes halogenated alkanes) is 6. The summed E-state index contributed by atoms with van der Waals surface area (Å²) in [5, 5.41) is 0. The lowest BCUT2D eigenvalue weighted by atomic mass is 10.1. The Morgan fingerprint density at radius 2 is 0.585 bits per heavy atom. The standard InChI is InChI=1S/C38H77NO14/c1-4-5-6-7-8-9-10-11-38(40)53-37-36-52-35-34-51-33-32-50-31-30-49-29-28-48-27-26-47-25-24-46-23-22-45-21-20-44-19-18-43-17-16-42-15-14-41-13-12-39(2)3/h4-37H2,1-3H3. The number of ether oxygens (including phenoxy) is 13. The highest BCUT2D eigenvalue weighted by atomic mass is 16.6. The first-order valence-corrected chi connectivity index (χ1v) is 19.9. The van der Waals surface area contributed by atoms with E-state index < -0.39 is 0 Å². The normalized spacial score (nSPS) is 11.6. The van der Waals surface area contributed by atoms with Gasteiger partial charge in [0.05, 0.1) is 159 Å². The van der Waals surface area contributed by atoms with E-state index in [9.17, 15) is 4.79 Å². The largest absolute Gasteiger partial charge is 0.463 e. The molecule has 0 aliphatic carbocycles. The van der Waals surface area contributed by atoms with Crippen LogP contribution in [0.15, 0.2) is 0 Å². The van der Waals surface area contributed by atoms with Crippen molar-refractivity contribution in [1.29, 1.82) is 0 Å². The van der Waals surface area contributed by atoms with E-state index in [0.717, 1.165) is 19.4 Å². The molecule has 0 saturated heterocycles. The highest BCUT2D eigenvalue weighted by Crippen LogP contribution is 2.08. The van der Waals surface area contributed by atoms with Crippen LogP contribution in [0.25, 0.3) is 0 Å². The van der Waals surface area contributed by atoms with Crippen LogP contribution in [0.4, 0.5) is 0 Å². The second-order valence-electron chi connectivity index (χ2n) is 12.2. The molecule has 0 aliphatic rings. The Labute approximate surface area is 321 Å². The molecule has 0 aromatic carbocycles. The molecule has 0 unspecified atom stereocenters. The van der Waals surface area contributed by atoms with E-state index in [4.69, 9.17) is 61.6 Å². The summed E-state index contributed by atoms with van der Waals surface area (Å²) in [5.74, 6) is -0.141. The van der Waals surface area contributed by atoms with Crippen molar-refractivity contribution < 1.29 is 66.4 Å². The fourth-order valence-corrected chi connectivity index (χ4v) is 4.28. The lowest BCUT2D eigenvalue weighted by molar-refractivity contribution is -0.145. The maximum Gasteiger partial charge on any atom is 0.305 e. The number of hydrogen-bond acceptors (Lipinski definition) is 15. The maximum atomic E-state index is 11.7. The van der Waals surface area contributed by atoms with E-state index in [2.05, 4.69) is 11.8 Å². The van der Waals surface area contributed by atoms with Gasteiger partial charge in [-0.15, -0.1) is 0 Å². The van der Waals surface area contributed by atoms with E-state index in [-0.39, 0.29) is 12.6 Å². The minimum absolute atomic E-state index is 0.141. The van der Waals surface area contributed by atoms with Gasteiger partial charge in [0.15, 0.2) is 0 Å². The van der Waals surface area contributed by atoms with Crippen LogP contribution in [0.2, 0.25) is 0 Å². The van der Waals surface area contributed by atoms with Crippen molar-refractivity contribution in [2.24, 2.45) is 0 Å². The SMILES string of the molecule is CCCCCCCCCC(=O)OCCOCCOCCOCCOCCOCCOCCOCCOCCOCCOCCOCCOCCN(C)C. The number of esters is 1. The van der Waals surface area contributed by atoms with Gasteiger partial charge in [-0.2, -0.15) is 0 Å². The zero-order valence-electron chi connectivity index (χ0n) is 33.7. The van der Waals surface area contributed by atoms with E-state index in [1.807, 2.05) is 14.1 Å². The van der Waals surface area contributed by atoms with Crippen LogP contribution in [-0.2, 0) is 66.4 Å². The molecule has 0 aromatic heterocycles. The molecule has 15 nitrogen and oxygen atoms in total. The topological polar surface area (TPSA) is 140 Å². The minimum atomic E-state index is -0.141. The van der Waals surface area contributed by atoms with Crippen LogP contribution in [0, 0.1) is 0 Å². The molecule has 0 atom stereocenters. The van der Waals surface area contributed by atoms with E-state index in [0.29, 0.717) is 165 Å². The lowest BCUT2D eigenvalue weighted by Gasteiger charge is -2.10. The quantitative estimate of drug-likeness (QED) is 0.0659. The van der Waals surface area contributed by atoms with Crippen LogP contribution >= 0.6 is 0 Å². The number of rotatable bonds is 47. The fourth-order valence-electron chi connectivity index (χ4n) is 4.28. The summed E-state index contributed by atoms with van der Waals surface area (Å²) in [6.07, 6.45) is 8.79. The van der Waals surface area contributed by atoms with E-state index >= 15 is 0 Å². The van der Waals surface area contributed by atoms with Crippen LogP contribution in [-0.4, -0.2) is 197 Å². The van der Waals surface area contributed by atoms with Crippen LogP contribution in [0.1, 0.15) is 58.3 Å². The van der Waals surface area contributed by atoms with Gasteiger partial charge in [-0.1, -0.05) is 45.4 Å². The van der Waals surface area contributed by atoms with Gasteiger partial charge in [-0.05, 0) is 20.5 Å². The van der Waals surface area contributed by atoms with Crippen LogP contribution in [0.5, 0.6) is 0 Å². The zero-order valence-corrected chi connectivity index (χ0v) is 33.7. The third kappa shape index (κ3) is 48.9. The van der Waals surface area contributed by atoms with Gasteiger partial charge < -0.3 is 66.5 Å². The van der Waals surface area contributed by atoms with Crippen molar-refractivity contribution in [3.8, 4) is 0 Å². The van der Waals surface area contributed by atoms with Crippen molar-refractivity contribution in [3.05, 3.63) is 0 Å². The fraction of sp³-hybridized carbons (Fsp3) is 0.974. The Bertz CT molecular complexity index is 695. The molecule has 0 saturated carbocycles. The summed E-state index contributed by atoms with van der Waals surface area (Å²) < 4.78 is 70.9. The predicted molar refractivity (Wildman–Crippen MR) is 202 cm³/mol. The molecule has 0 rings (SSSR count). The maximum absolute atomic E-state index is 11.7. The van der Waals surface area contributed by atoms with Gasteiger partial charge in [0.25, 0.3) is 0 Å². The smallest absolute Gasteiger partial charge is 0.305 e. The van der Waals surface area contributed by atoms with Gasteiger partial charge in [0, 0.05) is 13.0 Å². The summed E-state index contributed by atoms with van der Waals surface area (Å²) >= 11 is 0. The second kappa shape index (κ2) is 47.1. The van der Waals surface area contributed by atoms with Gasteiger partial charge in [-0.25, -0.2) is 0 Å². The minimum Gasteiger partial charge on any atom is -0.463 e. The zero-order chi connectivity index (χ0) is 38.4. The number of nitrogens with zero attached hydrogens (tertiary/aromatic N) is 1. The Balaban J connectivity index is 3.10. The third-order valence-corrected chi connectivity index (χ3v) is 7.25. The molecule has 0 heterocycles. The summed E-state index contributed by atoms with van der Waals surface area (Å²) in [6.45, 7) is 15.8. The molecule has 0 radical (unpaired) electrons. The number of likely N-dealkylation sites (N-methyl/N-ethyl adjacent to an activating group) is 1. The summed E-state index contributed by atoms with van der Waals surface area (Å²) in [5.41, 5.74) is 0. The summed E-state index contributed by atoms with van der Waals surface area (Å²) in [4.78, 5) is 13.8. The van der Waals surface area contributed by atoms with Crippen molar-refractivity contribution >= 4 is 5.97 Å². The predicted octanol–water partition coefficient (Wildman–Crippen LogP) is 3.43. The second-order valence-corrected chi connectivity index (χ2v) is 12.2. The molecule has 53 heavy (non-hydrogen) atoms. The molecule has 0 amide bonds. The highest BCUT2D eigenvalue weighted by Gasteiger charge is 2.03. The first-order chi connectivity index (χ1) is 26.2. The molecule has 318 valence electrons. The van der Waals surface area contributed by atoms with Crippen LogP contribution in [0.3, 0.4) is 0 Å². The average molecular weight is 772 g/mol. The molecule has 0 spiro atoms. The third-order valence-electron chi connectivity index (χ3n) is 7.25. The summed E-state index contributed by atoms with van der Waals surface area (Å²) in [7, 11) is 4.04. The van der Waals surface area contributed by atoms with Crippen molar-refractivity contribution in [3.63, 3.8) is 0 Å². The van der Waals surface area contributed by atoms with Gasteiger partial charge >= 0.3 is 5.97 Å². The van der Waals surface area contributed by atoms with Gasteiger partial charge in [0.2, 0.25) is 0 Å². The summed E-state index contributed by atoms with van der Waals surface area (Å²) in [6, 6.07) is 0. The molecule has 0 aromatic rings. The lowest BCUT2D eigenvalue weighted by Crippen LogP contribution is -2.19. The molecule has 0 aliphatic heterocycles. The highest BCUT2D eigenvalue weighted by molar-refractivity contribution is 5.69. The number of carbonyl (C=O) groups is 1. The number of hydrogen-bond donors (Lipinski definition) is 0. The van der Waals surface area contributed by atoms with Gasteiger partial charge in [-0.3, -0.25) is 4.79 Å². The molecular weight excluding hydrogens is 694 g/mol. The van der Waals surface area contributed by atoms with E-state index in [1.54, 1.807) is 0 Å². The van der Waals surface area contributed by atoms with Crippen molar-refractivity contribution in [2.45, 2.75) is 58.3 Å². The van der Waals surface area contributed by atoms with Crippen molar-refractivity contribution in [1.82, 2.24) is 4.90 Å². The molecule has 0 N–H and O–H groups in total. The van der Waals surface area contributed by atoms with Gasteiger partial charge in [0.1, 0.15) is 6.61 Å². The van der Waals surface area contributed by atoms with E-state index in [1.165, 1.54) is 32.1 Å². The monoisotopic (exact) mass is 772 g/mol. The van der Waals surface area contributed by atoms with Crippen LogP contribution < -0.4 is 0 Å². The Morgan fingerprint density at radius 1 is 0.340 bits per heavy atom. The first-order valence-electron chi connectivity index (χ1n) is 19.9. The Morgan fingerprint density at radius 3 is 0.868 bits per heavy atom. The average Bonchev–Trinajstić information content (AvgIpc) is 3.15. The molecule has 0 fully saturated rings. The molecule has 15 heteroatoms.